The second-order valence-electron chi connectivity index (χ2n) is 6.44. The average Bonchev–Trinajstić information content (AvgIpc) is 2.44. The fourth-order valence-corrected chi connectivity index (χ4v) is 2.26. The summed E-state index contributed by atoms with van der Waals surface area (Å²) in [7, 11) is 0. The van der Waals surface area contributed by atoms with Crippen molar-refractivity contribution >= 4 is 47.5 Å². The molecule has 0 unspecified atom stereocenters. The summed E-state index contributed by atoms with van der Waals surface area (Å²) < 4.78 is 9.57. The van der Waals surface area contributed by atoms with Gasteiger partial charge in [-0.1, -0.05) is 58.3 Å². The third-order valence-corrected chi connectivity index (χ3v) is 3.58. The summed E-state index contributed by atoms with van der Waals surface area (Å²) in [5.41, 5.74) is -1.43. The van der Waals surface area contributed by atoms with Crippen LogP contribution < -0.4 is 0 Å². The number of esters is 3. The van der Waals surface area contributed by atoms with Gasteiger partial charge >= 0.3 is 47.5 Å². The van der Waals surface area contributed by atoms with E-state index in [0.717, 1.165) is 19.3 Å². The number of hydrogen-bond donors (Lipinski definition) is 0. The van der Waals surface area contributed by atoms with Crippen LogP contribution in [0.3, 0.4) is 0 Å². The number of carbonyl (C=O) groups is 3. The Balaban J connectivity index is 0. The van der Waals surface area contributed by atoms with Crippen molar-refractivity contribution < 1.29 is 23.9 Å². The number of hydrogen-bond acceptors (Lipinski definition) is 5. The average molecular weight is 352 g/mol. The molecular weight excluding hydrogens is 319 g/mol. The van der Waals surface area contributed by atoms with E-state index in [-0.39, 0.29) is 36.0 Å². The Bertz CT molecular complexity index is 380. The van der Waals surface area contributed by atoms with Gasteiger partial charge in [-0.3, -0.25) is 9.59 Å². The SMILES string of the molecule is CCCCCCCCCCCC(=O)OC(=O)C(C)(C)OC(C)=O.[NaH]. The summed E-state index contributed by atoms with van der Waals surface area (Å²) in [6, 6.07) is 0. The van der Waals surface area contributed by atoms with Crippen molar-refractivity contribution in [3.8, 4) is 0 Å². The van der Waals surface area contributed by atoms with Gasteiger partial charge in [0.15, 0.2) is 0 Å². The molecule has 0 amide bonds. The molecule has 0 aliphatic heterocycles. The molecule has 0 saturated carbocycles. The predicted octanol–water partition coefficient (Wildman–Crippen LogP) is 3.67. The first-order chi connectivity index (χ1) is 10.8. The number of rotatable bonds is 12. The summed E-state index contributed by atoms with van der Waals surface area (Å²) in [6.07, 6.45) is 10.6. The van der Waals surface area contributed by atoms with E-state index in [1.165, 1.54) is 59.3 Å². The van der Waals surface area contributed by atoms with Gasteiger partial charge in [-0.05, 0) is 20.3 Å². The first-order valence-corrected chi connectivity index (χ1v) is 8.74. The van der Waals surface area contributed by atoms with Crippen molar-refractivity contribution in [1.29, 1.82) is 0 Å². The maximum absolute atomic E-state index is 11.8. The van der Waals surface area contributed by atoms with E-state index in [4.69, 9.17) is 9.47 Å². The van der Waals surface area contributed by atoms with Crippen molar-refractivity contribution in [3.05, 3.63) is 0 Å². The van der Waals surface area contributed by atoms with Crippen LogP contribution in [0.25, 0.3) is 0 Å². The fourth-order valence-electron chi connectivity index (χ4n) is 2.26. The van der Waals surface area contributed by atoms with Crippen LogP contribution in [0.2, 0.25) is 0 Å². The van der Waals surface area contributed by atoms with Crippen molar-refractivity contribution in [2.75, 3.05) is 0 Å². The van der Waals surface area contributed by atoms with Gasteiger partial charge in [0.2, 0.25) is 5.60 Å². The minimum atomic E-state index is -1.43. The van der Waals surface area contributed by atoms with Gasteiger partial charge in [0.05, 0.1) is 0 Å². The molecule has 0 heterocycles. The van der Waals surface area contributed by atoms with Crippen molar-refractivity contribution in [2.45, 2.75) is 97.5 Å². The Hall–Kier alpha value is -0.390. The van der Waals surface area contributed by atoms with Crippen LogP contribution >= 0.6 is 0 Å². The predicted molar refractivity (Wildman–Crippen MR) is 95.9 cm³/mol. The molecule has 0 atom stereocenters. The molecule has 0 bridgehead atoms. The first kappa shape index (κ1) is 25.8. The standard InChI is InChI=1S/C18H32O5.Na.H/c1-5-6-7-8-9-10-11-12-13-14-16(20)22-17(21)18(3,4)23-15(2)19;;/h5-14H2,1-4H3;;. The van der Waals surface area contributed by atoms with Gasteiger partial charge in [0.25, 0.3) is 0 Å². The van der Waals surface area contributed by atoms with E-state index >= 15 is 0 Å². The second kappa shape index (κ2) is 14.9. The molecule has 0 spiro atoms. The second-order valence-corrected chi connectivity index (χ2v) is 6.44. The summed E-state index contributed by atoms with van der Waals surface area (Å²) in [4.78, 5) is 34.3. The molecule has 0 radical (unpaired) electrons. The monoisotopic (exact) mass is 352 g/mol. The first-order valence-electron chi connectivity index (χ1n) is 8.74. The molecule has 0 fully saturated rings. The molecular formula is C18H33NaO5. The molecule has 0 rings (SSSR count). The van der Waals surface area contributed by atoms with E-state index in [2.05, 4.69) is 6.92 Å². The zero-order valence-corrected chi connectivity index (χ0v) is 15.1. The summed E-state index contributed by atoms with van der Waals surface area (Å²) in [6.45, 7) is 6.22. The van der Waals surface area contributed by atoms with Crippen LogP contribution in [-0.4, -0.2) is 53.1 Å². The van der Waals surface area contributed by atoms with E-state index < -0.39 is 23.5 Å². The zero-order valence-electron chi connectivity index (χ0n) is 15.1. The van der Waals surface area contributed by atoms with Crippen LogP contribution in [0.4, 0.5) is 0 Å². The van der Waals surface area contributed by atoms with Gasteiger partial charge in [-0.2, -0.15) is 0 Å². The van der Waals surface area contributed by atoms with E-state index in [1.54, 1.807) is 0 Å². The van der Waals surface area contributed by atoms with Gasteiger partial charge in [0, 0.05) is 13.3 Å². The topological polar surface area (TPSA) is 69.7 Å². The molecule has 0 aliphatic rings. The normalized spacial score (nSPS) is 10.7. The molecule has 0 saturated heterocycles. The van der Waals surface area contributed by atoms with Crippen molar-refractivity contribution in [3.63, 3.8) is 0 Å². The fraction of sp³-hybridized carbons (Fsp3) is 0.833. The zero-order chi connectivity index (χ0) is 17.7. The third-order valence-electron chi connectivity index (χ3n) is 3.58. The third kappa shape index (κ3) is 14.0. The Labute approximate surface area is 168 Å². The van der Waals surface area contributed by atoms with E-state index in [1.807, 2.05) is 0 Å². The van der Waals surface area contributed by atoms with Crippen LogP contribution in [0.15, 0.2) is 0 Å². The van der Waals surface area contributed by atoms with Crippen molar-refractivity contribution in [2.24, 2.45) is 0 Å². The van der Waals surface area contributed by atoms with Crippen LogP contribution in [-0.2, 0) is 23.9 Å². The number of ether oxygens (including phenoxy) is 2. The Kier molecular flexibility index (Phi) is 16.1. The van der Waals surface area contributed by atoms with Gasteiger partial charge in [-0.15, -0.1) is 0 Å². The molecule has 0 aromatic carbocycles. The van der Waals surface area contributed by atoms with Crippen LogP contribution in [0, 0.1) is 0 Å². The molecule has 0 aromatic heterocycles. The Morgan fingerprint density at radius 3 is 1.75 bits per heavy atom. The Morgan fingerprint density at radius 1 is 0.833 bits per heavy atom. The van der Waals surface area contributed by atoms with Gasteiger partial charge in [-0.25, -0.2) is 4.79 Å². The molecule has 136 valence electrons. The van der Waals surface area contributed by atoms with E-state index in [0.29, 0.717) is 0 Å². The molecule has 24 heavy (non-hydrogen) atoms. The molecule has 0 aliphatic carbocycles. The minimum absolute atomic E-state index is 0. The summed E-state index contributed by atoms with van der Waals surface area (Å²) in [5.74, 6) is -1.97. The molecule has 5 nitrogen and oxygen atoms in total. The van der Waals surface area contributed by atoms with E-state index in [9.17, 15) is 14.4 Å². The maximum atomic E-state index is 11.8. The van der Waals surface area contributed by atoms with Gasteiger partial charge in [0.1, 0.15) is 0 Å². The molecule has 0 aromatic rings. The van der Waals surface area contributed by atoms with Crippen LogP contribution in [0.5, 0.6) is 0 Å². The summed E-state index contributed by atoms with van der Waals surface area (Å²) >= 11 is 0. The summed E-state index contributed by atoms with van der Waals surface area (Å²) in [5, 5.41) is 0. The molecule has 6 heteroatoms. The van der Waals surface area contributed by atoms with Gasteiger partial charge < -0.3 is 9.47 Å². The quantitative estimate of drug-likeness (QED) is 0.232. The molecule has 0 N–H and O–H groups in total. The Morgan fingerprint density at radius 2 is 1.29 bits per heavy atom. The van der Waals surface area contributed by atoms with Crippen LogP contribution in [0.1, 0.15) is 91.9 Å². The van der Waals surface area contributed by atoms with Crippen molar-refractivity contribution in [1.82, 2.24) is 0 Å². The number of unbranched alkanes of at least 4 members (excludes halogenated alkanes) is 8. The number of carbonyl (C=O) groups excluding carboxylic acids is 3.